The summed E-state index contributed by atoms with van der Waals surface area (Å²) in [4.78, 5) is 32.1. The first-order valence-electron chi connectivity index (χ1n) is 11.0. The molecule has 0 fully saturated rings. The fourth-order valence-electron chi connectivity index (χ4n) is 2.83. The highest BCUT2D eigenvalue weighted by Crippen LogP contribution is 2.24. The Bertz CT molecular complexity index is 462. The molecule has 0 unspecified atom stereocenters. The molecule has 0 aliphatic carbocycles. The van der Waals surface area contributed by atoms with Gasteiger partial charge in [0.05, 0.1) is 14.4 Å². The van der Waals surface area contributed by atoms with Crippen LogP contribution in [0.15, 0.2) is 12.2 Å². The second-order valence-corrected chi connectivity index (χ2v) is 8.57. The average molecular weight is 435 g/mol. The molecular formula is C21H39O7P-2. The molecule has 8 heteroatoms. The first-order valence-corrected chi connectivity index (χ1v) is 12.5. The van der Waals surface area contributed by atoms with Crippen LogP contribution >= 0.6 is 7.82 Å². The van der Waals surface area contributed by atoms with Gasteiger partial charge in [-0.15, -0.1) is 0 Å². The van der Waals surface area contributed by atoms with Crippen molar-refractivity contribution in [1.29, 1.82) is 0 Å². The molecule has 1 N–H and O–H groups in total. The van der Waals surface area contributed by atoms with Crippen molar-refractivity contribution in [1.82, 2.24) is 0 Å². The molecule has 0 aliphatic heterocycles. The van der Waals surface area contributed by atoms with Crippen molar-refractivity contribution in [2.75, 3.05) is 13.2 Å². The monoisotopic (exact) mass is 434 g/mol. The molecule has 0 radical (unpaired) electrons. The molecule has 29 heavy (non-hydrogen) atoms. The zero-order chi connectivity index (χ0) is 21.8. The van der Waals surface area contributed by atoms with E-state index in [-0.39, 0.29) is 13.0 Å². The van der Waals surface area contributed by atoms with Gasteiger partial charge in [-0.2, -0.15) is 0 Å². The van der Waals surface area contributed by atoms with Crippen LogP contribution in [0, 0.1) is 0 Å². The SMILES string of the molecule is CCCCCC/C=C/CCCCCCCCCC(=O)OC[C@@H](O)COP(=O)([O-])[O-]. The molecule has 0 aromatic heterocycles. The summed E-state index contributed by atoms with van der Waals surface area (Å²) in [5, 5.41) is 9.36. The van der Waals surface area contributed by atoms with Gasteiger partial charge in [0, 0.05) is 6.42 Å². The van der Waals surface area contributed by atoms with Gasteiger partial charge in [0.15, 0.2) is 0 Å². The van der Waals surface area contributed by atoms with Gasteiger partial charge < -0.3 is 28.7 Å². The molecule has 0 bridgehead atoms. The number of phosphoric acid groups is 1. The minimum absolute atomic E-state index is 0.262. The molecule has 0 aliphatic rings. The van der Waals surface area contributed by atoms with Gasteiger partial charge in [-0.05, 0) is 32.1 Å². The highest BCUT2D eigenvalue weighted by Gasteiger charge is 2.09. The van der Waals surface area contributed by atoms with Crippen LogP contribution in [-0.2, 0) is 18.6 Å². The predicted octanol–water partition coefficient (Wildman–Crippen LogP) is 3.77. The van der Waals surface area contributed by atoms with Crippen LogP contribution in [-0.4, -0.2) is 30.4 Å². The lowest BCUT2D eigenvalue weighted by atomic mass is 10.1. The van der Waals surface area contributed by atoms with Gasteiger partial charge in [-0.1, -0.05) is 70.4 Å². The van der Waals surface area contributed by atoms with Crippen molar-refractivity contribution in [3.63, 3.8) is 0 Å². The zero-order valence-electron chi connectivity index (χ0n) is 17.9. The Morgan fingerprint density at radius 2 is 1.41 bits per heavy atom. The van der Waals surface area contributed by atoms with Crippen LogP contribution in [0.4, 0.5) is 0 Å². The maximum Gasteiger partial charge on any atom is 0.305 e. The van der Waals surface area contributed by atoms with E-state index in [9.17, 15) is 24.3 Å². The number of carbonyl (C=O) groups excluding carboxylic acids is 1. The number of ether oxygens (including phenoxy) is 1. The fraction of sp³-hybridized carbons (Fsp3) is 0.857. The molecule has 0 saturated carbocycles. The van der Waals surface area contributed by atoms with Crippen molar-refractivity contribution in [3.8, 4) is 0 Å². The average Bonchev–Trinajstić information content (AvgIpc) is 2.67. The molecule has 0 amide bonds. The van der Waals surface area contributed by atoms with Crippen molar-refractivity contribution < 1.29 is 33.5 Å². The lowest BCUT2D eigenvalue weighted by Gasteiger charge is -2.29. The van der Waals surface area contributed by atoms with Crippen molar-refractivity contribution in [3.05, 3.63) is 12.2 Å². The van der Waals surface area contributed by atoms with Crippen LogP contribution in [0.5, 0.6) is 0 Å². The van der Waals surface area contributed by atoms with Gasteiger partial charge in [0.1, 0.15) is 12.7 Å². The number of aliphatic hydroxyl groups is 1. The van der Waals surface area contributed by atoms with Crippen LogP contribution in [0.1, 0.15) is 96.8 Å². The topological polar surface area (TPSA) is 119 Å². The molecule has 0 spiro atoms. The molecule has 0 rings (SSSR count). The van der Waals surface area contributed by atoms with Crippen molar-refractivity contribution in [2.24, 2.45) is 0 Å². The second-order valence-electron chi connectivity index (χ2n) is 7.41. The van der Waals surface area contributed by atoms with E-state index in [2.05, 4.69) is 23.6 Å². The largest absolute Gasteiger partial charge is 0.790 e. The van der Waals surface area contributed by atoms with Gasteiger partial charge in [-0.3, -0.25) is 4.79 Å². The van der Waals surface area contributed by atoms with E-state index in [4.69, 9.17) is 4.74 Å². The zero-order valence-corrected chi connectivity index (χ0v) is 18.8. The van der Waals surface area contributed by atoms with E-state index in [0.717, 1.165) is 32.1 Å². The van der Waals surface area contributed by atoms with Crippen LogP contribution in [0.2, 0.25) is 0 Å². The Morgan fingerprint density at radius 3 is 1.97 bits per heavy atom. The number of carbonyl (C=O) groups is 1. The lowest BCUT2D eigenvalue weighted by Crippen LogP contribution is -2.26. The normalized spacial score (nSPS) is 13.1. The minimum atomic E-state index is -5.12. The van der Waals surface area contributed by atoms with Crippen molar-refractivity contribution in [2.45, 2.75) is 103 Å². The Hall–Kier alpha value is -0.720. The number of phosphoric ester groups is 1. The summed E-state index contributed by atoms with van der Waals surface area (Å²) in [6.07, 6.45) is 18.8. The number of allylic oxidation sites excluding steroid dienone is 2. The summed E-state index contributed by atoms with van der Waals surface area (Å²) in [5.74, 6) is -0.446. The molecule has 0 saturated heterocycles. The predicted molar refractivity (Wildman–Crippen MR) is 110 cm³/mol. The van der Waals surface area contributed by atoms with Gasteiger partial charge >= 0.3 is 5.97 Å². The standard InChI is InChI=1S/C21H41O7P/c1-2-3-4-5-6-7-8-9-10-11-12-13-14-15-16-17-21(23)27-18-20(22)19-28-29(24,25)26/h7-8,20,22H,2-6,9-19H2,1H3,(H2,24,25,26)/p-2/b8-7+/t20-/m1/s1. The molecule has 0 heterocycles. The van der Waals surface area contributed by atoms with E-state index < -0.39 is 26.5 Å². The summed E-state index contributed by atoms with van der Waals surface area (Å²) >= 11 is 0. The summed E-state index contributed by atoms with van der Waals surface area (Å²) in [6, 6.07) is 0. The Morgan fingerprint density at radius 1 is 0.897 bits per heavy atom. The van der Waals surface area contributed by atoms with Gasteiger partial charge in [0.25, 0.3) is 0 Å². The quantitative estimate of drug-likeness (QED) is 0.134. The summed E-state index contributed by atoms with van der Waals surface area (Å²) in [5.41, 5.74) is 0. The smallest absolute Gasteiger partial charge is 0.305 e. The molecule has 172 valence electrons. The van der Waals surface area contributed by atoms with Gasteiger partial charge in [-0.25, -0.2) is 0 Å². The summed E-state index contributed by atoms with van der Waals surface area (Å²) < 4.78 is 19.0. The first-order chi connectivity index (χ1) is 13.8. The highest BCUT2D eigenvalue weighted by molar-refractivity contribution is 7.43. The van der Waals surface area contributed by atoms with E-state index in [1.165, 1.54) is 51.4 Å². The second kappa shape index (κ2) is 19.3. The number of hydrogen-bond donors (Lipinski definition) is 1. The Balaban J connectivity index is 3.36. The number of aliphatic hydroxyl groups excluding tert-OH is 1. The lowest BCUT2D eigenvalue weighted by molar-refractivity contribution is -0.342. The molecule has 0 aromatic carbocycles. The van der Waals surface area contributed by atoms with E-state index in [1.807, 2.05) is 0 Å². The molecule has 1 atom stereocenters. The van der Waals surface area contributed by atoms with E-state index in [0.29, 0.717) is 0 Å². The van der Waals surface area contributed by atoms with E-state index in [1.54, 1.807) is 0 Å². The summed E-state index contributed by atoms with van der Waals surface area (Å²) in [7, 11) is -5.12. The Kier molecular flexibility index (Phi) is 18.8. The number of rotatable bonds is 20. The minimum Gasteiger partial charge on any atom is -0.790 e. The number of unbranched alkanes of at least 4 members (excludes halogenated alkanes) is 11. The number of esters is 1. The third-order valence-corrected chi connectivity index (χ3v) is 4.97. The van der Waals surface area contributed by atoms with Gasteiger partial charge in [0.2, 0.25) is 0 Å². The van der Waals surface area contributed by atoms with Crippen LogP contribution in [0.25, 0.3) is 0 Å². The third kappa shape index (κ3) is 23.4. The highest BCUT2D eigenvalue weighted by atomic mass is 31.2. The summed E-state index contributed by atoms with van der Waals surface area (Å²) in [6.45, 7) is 1.14. The third-order valence-electron chi connectivity index (χ3n) is 4.50. The molecule has 0 aromatic rings. The number of hydrogen-bond acceptors (Lipinski definition) is 7. The maximum absolute atomic E-state index is 11.5. The first kappa shape index (κ1) is 28.3. The van der Waals surface area contributed by atoms with E-state index >= 15 is 0 Å². The van der Waals surface area contributed by atoms with Crippen LogP contribution in [0.3, 0.4) is 0 Å². The maximum atomic E-state index is 11.5. The molecule has 7 nitrogen and oxygen atoms in total. The van der Waals surface area contributed by atoms with Crippen LogP contribution < -0.4 is 9.79 Å². The molecular weight excluding hydrogens is 395 g/mol. The Labute approximate surface area is 176 Å². The van der Waals surface area contributed by atoms with Crippen molar-refractivity contribution >= 4 is 13.8 Å². The fourth-order valence-corrected chi connectivity index (χ4v) is 3.18.